The lowest BCUT2D eigenvalue weighted by atomic mass is 10.0. The molecule has 0 bridgehead atoms. The van der Waals surface area contributed by atoms with Gasteiger partial charge in [-0.05, 0) is 67.3 Å². The van der Waals surface area contributed by atoms with Crippen LogP contribution in [-0.4, -0.2) is 15.5 Å². The standard InChI is InChI=1S/C28H27N3O/c1-19-11-14-22(15-12-19)27-26-9-6-16-30(26)25-8-5-4-7-23(25)18-31(27)28(32)29-24-17-20(2)10-13-21(24)3/h4-17,27H,18H2,1-3H3,(H,29,32)/t27-/m0/s1. The normalized spacial score (nSPS) is 15.0. The smallest absolute Gasteiger partial charge is 0.318 e. The molecule has 0 fully saturated rings. The van der Waals surface area contributed by atoms with Gasteiger partial charge in [0.15, 0.2) is 0 Å². The number of carbonyl (C=O) groups is 1. The molecule has 0 saturated heterocycles. The monoisotopic (exact) mass is 421 g/mol. The van der Waals surface area contributed by atoms with Crippen molar-refractivity contribution in [2.45, 2.75) is 33.4 Å². The molecule has 2 amide bonds. The third kappa shape index (κ3) is 3.58. The fourth-order valence-corrected chi connectivity index (χ4v) is 4.50. The van der Waals surface area contributed by atoms with E-state index in [0.717, 1.165) is 39.3 Å². The van der Waals surface area contributed by atoms with Crippen LogP contribution in [0.5, 0.6) is 0 Å². The summed E-state index contributed by atoms with van der Waals surface area (Å²) in [6.45, 7) is 6.67. The molecule has 5 rings (SSSR count). The number of anilines is 1. The van der Waals surface area contributed by atoms with Crippen molar-refractivity contribution in [1.82, 2.24) is 9.47 Å². The molecule has 2 heterocycles. The summed E-state index contributed by atoms with van der Waals surface area (Å²) in [4.78, 5) is 15.7. The van der Waals surface area contributed by atoms with Gasteiger partial charge in [0, 0.05) is 17.6 Å². The van der Waals surface area contributed by atoms with Crippen molar-refractivity contribution in [2.75, 3.05) is 5.32 Å². The SMILES string of the molecule is Cc1ccc([C@H]2c3cccn3-c3ccccc3CN2C(=O)Nc2cc(C)ccc2C)cc1. The Morgan fingerprint density at radius 1 is 0.875 bits per heavy atom. The molecule has 1 aromatic heterocycles. The average molecular weight is 422 g/mol. The van der Waals surface area contributed by atoms with Crippen molar-refractivity contribution in [3.63, 3.8) is 0 Å². The summed E-state index contributed by atoms with van der Waals surface area (Å²) < 4.78 is 2.21. The number of aromatic nitrogens is 1. The Balaban J connectivity index is 1.63. The number of aryl methyl sites for hydroxylation is 3. The largest absolute Gasteiger partial charge is 0.322 e. The van der Waals surface area contributed by atoms with E-state index < -0.39 is 0 Å². The molecule has 0 unspecified atom stereocenters. The summed E-state index contributed by atoms with van der Waals surface area (Å²) in [5.74, 6) is 0. The van der Waals surface area contributed by atoms with Gasteiger partial charge in [-0.15, -0.1) is 0 Å². The highest BCUT2D eigenvalue weighted by atomic mass is 16.2. The predicted molar refractivity (Wildman–Crippen MR) is 129 cm³/mol. The van der Waals surface area contributed by atoms with Crippen LogP contribution in [-0.2, 0) is 6.54 Å². The maximum absolute atomic E-state index is 13.8. The van der Waals surface area contributed by atoms with Crippen LogP contribution in [0.25, 0.3) is 5.69 Å². The fraction of sp³-hybridized carbons (Fsp3) is 0.179. The van der Waals surface area contributed by atoms with Gasteiger partial charge in [-0.1, -0.05) is 60.2 Å². The Hall–Kier alpha value is -3.79. The van der Waals surface area contributed by atoms with Crippen LogP contribution in [0, 0.1) is 20.8 Å². The van der Waals surface area contributed by atoms with E-state index in [0.29, 0.717) is 6.54 Å². The second-order valence-corrected chi connectivity index (χ2v) is 8.62. The molecule has 0 spiro atoms. The molecule has 4 nitrogen and oxygen atoms in total. The third-order valence-electron chi connectivity index (χ3n) is 6.25. The van der Waals surface area contributed by atoms with Crippen LogP contribution in [0.3, 0.4) is 0 Å². The van der Waals surface area contributed by atoms with E-state index in [4.69, 9.17) is 0 Å². The summed E-state index contributed by atoms with van der Waals surface area (Å²) in [6, 6.07) is 26.8. The minimum absolute atomic E-state index is 0.103. The van der Waals surface area contributed by atoms with Crippen LogP contribution in [0.15, 0.2) is 85.1 Å². The van der Waals surface area contributed by atoms with Gasteiger partial charge in [0.2, 0.25) is 0 Å². The second-order valence-electron chi connectivity index (χ2n) is 8.62. The highest BCUT2D eigenvalue weighted by Crippen LogP contribution is 2.37. The number of fused-ring (bicyclic) bond motifs is 3. The van der Waals surface area contributed by atoms with Crippen molar-refractivity contribution in [2.24, 2.45) is 0 Å². The maximum atomic E-state index is 13.8. The first-order valence-corrected chi connectivity index (χ1v) is 11.0. The number of para-hydroxylation sites is 1. The van der Waals surface area contributed by atoms with Crippen molar-refractivity contribution in [1.29, 1.82) is 0 Å². The molecule has 1 N–H and O–H groups in total. The third-order valence-corrected chi connectivity index (χ3v) is 6.25. The second kappa shape index (κ2) is 8.04. The van der Waals surface area contributed by atoms with Gasteiger partial charge in [0.25, 0.3) is 0 Å². The summed E-state index contributed by atoms with van der Waals surface area (Å²) in [7, 11) is 0. The van der Waals surface area contributed by atoms with Gasteiger partial charge in [-0.3, -0.25) is 0 Å². The molecule has 1 atom stereocenters. The van der Waals surface area contributed by atoms with Gasteiger partial charge in [0.05, 0.1) is 18.3 Å². The van der Waals surface area contributed by atoms with Gasteiger partial charge < -0.3 is 14.8 Å². The molecule has 1 aliphatic heterocycles. The van der Waals surface area contributed by atoms with Crippen LogP contribution < -0.4 is 5.32 Å². The Labute approximate surface area is 189 Å². The molecule has 0 radical (unpaired) electrons. The van der Waals surface area contributed by atoms with E-state index in [9.17, 15) is 4.79 Å². The minimum Gasteiger partial charge on any atom is -0.318 e. The topological polar surface area (TPSA) is 37.3 Å². The van der Waals surface area contributed by atoms with Crippen molar-refractivity contribution < 1.29 is 4.79 Å². The fourth-order valence-electron chi connectivity index (χ4n) is 4.50. The van der Waals surface area contributed by atoms with Gasteiger partial charge in [-0.25, -0.2) is 4.79 Å². The lowest BCUT2D eigenvalue weighted by Gasteiger charge is -2.31. The van der Waals surface area contributed by atoms with E-state index in [1.807, 2.05) is 36.9 Å². The molecule has 4 heteroatoms. The van der Waals surface area contributed by atoms with Crippen LogP contribution >= 0.6 is 0 Å². The van der Waals surface area contributed by atoms with E-state index in [2.05, 4.69) is 83.7 Å². The average Bonchev–Trinajstić information content (AvgIpc) is 3.21. The maximum Gasteiger partial charge on any atom is 0.322 e. The Kier molecular flexibility index (Phi) is 5.06. The van der Waals surface area contributed by atoms with Crippen molar-refractivity contribution in [3.8, 4) is 5.69 Å². The predicted octanol–water partition coefficient (Wildman–Crippen LogP) is 6.54. The summed E-state index contributed by atoms with van der Waals surface area (Å²) in [5, 5.41) is 3.19. The van der Waals surface area contributed by atoms with Gasteiger partial charge in [-0.2, -0.15) is 0 Å². The Bertz CT molecular complexity index is 1290. The van der Waals surface area contributed by atoms with E-state index in [-0.39, 0.29) is 12.1 Å². The number of benzene rings is 3. The van der Waals surface area contributed by atoms with Crippen molar-refractivity contribution in [3.05, 3.63) is 119 Å². The number of amides is 2. The first kappa shape index (κ1) is 20.1. The molecule has 160 valence electrons. The number of rotatable bonds is 2. The Morgan fingerprint density at radius 2 is 1.62 bits per heavy atom. The first-order valence-electron chi connectivity index (χ1n) is 11.0. The highest BCUT2D eigenvalue weighted by Gasteiger charge is 2.33. The zero-order valence-corrected chi connectivity index (χ0v) is 18.7. The zero-order valence-electron chi connectivity index (χ0n) is 18.7. The zero-order chi connectivity index (χ0) is 22.2. The number of carbonyl (C=O) groups excluding carboxylic acids is 1. The summed E-state index contributed by atoms with van der Waals surface area (Å²) >= 11 is 0. The number of hydrogen-bond acceptors (Lipinski definition) is 1. The Morgan fingerprint density at radius 3 is 2.44 bits per heavy atom. The number of urea groups is 1. The lowest BCUT2D eigenvalue weighted by molar-refractivity contribution is 0.194. The molecule has 1 aliphatic rings. The van der Waals surface area contributed by atoms with Crippen LogP contribution in [0.1, 0.15) is 39.6 Å². The van der Waals surface area contributed by atoms with Crippen molar-refractivity contribution >= 4 is 11.7 Å². The number of nitrogens with zero attached hydrogens (tertiary/aromatic N) is 2. The molecule has 3 aromatic carbocycles. The molecular weight excluding hydrogens is 394 g/mol. The van der Waals surface area contributed by atoms with Crippen LogP contribution in [0.4, 0.5) is 10.5 Å². The molecule has 0 saturated carbocycles. The first-order chi connectivity index (χ1) is 15.5. The van der Waals surface area contributed by atoms with Gasteiger partial charge >= 0.3 is 6.03 Å². The molecule has 0 aliphatic carbocycles. The lowest BCUT2D eigenvalue weighted by Crippen LogP contribution is -2.38. The number of nitrogens with one attached hydrogen (secondary N) is 1. The minimum atomic E-state index is -0.205. The van der Waals surface area contributed by atoms with Crippen LogP contribution in [0.2, 0.25) is 0 Å². The van der Waals surface area contributed by atoms with E-state index in [1.54, 1.807) is 0 Å². The summed E-state index contributed by atoms with van der Waals surface area (Å²) in [6.07, 6.45) is 2.08. The number of hydrogen-bond donors (Lipinski definition) is 1. The molecule has 4 aromatic rings. The van der Waals surface area contributed by atoms with E-state index >= 15 is 0 Å². The van der Waals surface area contributed by atoms with Gasteiger partial charge in [0.1, 0.15) is 0 Å². The molecular formula is C28H27N3O. The highest BCUT2D eigenvalue weighted by molar-refractivity contribution is 5.91. The summed E-state index contributed by atoms with van der Waals surface area (Å²) in [5.41, 5.74) is 8.64. The molecule has 32 heavy (non-hydrogen) atoms. The quantitative estimate of drug-likeness (QED) is 0.392. The van der Waals surface area contributed by atoms with E-state index in [1.165, 1.54) is 5.56 Å².